The first-order chi connectivity index (χ1) is 7.29. The van der Waals surface area contributed by atoms with Crippen molar-refractivity contribution >= 4 is 12.6 Å². The summed E-state index contributed by atoms with van der Waals surface area (Å²) in [6.07, 6.45) is 7.88. The highest BCUT2D eigenvalue weighted by Gasteiger charge is 2.02. The lowest BCUT2D eigenvalue weighted by atomic mass is 10.3. The lowest BCUT2D eigenvalue weighted by molar-refractivity contribution is 0.168. The quantitative estimate of drug-likeness (QED) is 0.505. The first-order valence-electron chi connectivity index (χ1n) is 5.14. The molecule has 0 aliphatic carbocycles. The summed E-state index contributed by atoms with van der Waals surface area (Å²) in [6, 6.07) is 0. The van der Waals surface area contributed by atoms with Crippen LogP contribution in [0, 0.1) is 0 Å². The average molecular weight is 227 g/mol. The Balaban J connectivity index is 4.47. The van der Waals surface area contributed by atoms with Gasteiger partial charge in [0.1, 0.15) is 0 Å². The van der Waals surface area contributed by atoms with E-state index in [1.165, 1.54) is 0 Å². The maximum absolute atomic E-state index is 5.07. The maximum Gasteiger partial charge on any atom is 0.0637 e. The lowest BCUT2D eigenvalue weighted by Crippen LogP contribution is -2.25. The summed E-state index contributed by atoms with van der Waals surface area (Å²) in [5.74, 6) is 0.746. The number of likely N-dealkylation sites (N-methyl/N-ethyl adjacent to an activating group) is 1. The second kappa shape index (κ2) is 9.87. The molecule has 0 amide bonds. The van der Waals surface area contributed by atoms with Crippen molar-refractivity contribution in [1.82, 2.24) is 4.90 Å². The molecule has 0 aliphatic rings. The minimum absolute atomic E-state index is 0.733. The summed E-state index contributed by atoms with van der Waals surface area (Å²) in [5.41, 5.74) is 1.15. The summed E-state index contributed by atoms with van der Waals surface area (Å²) < 4.78 is 5.07. The van der Waals surface area contributed by atoms with Crippen molar-refractivity contribution in [2.45, 2.75) is 6.92 Å². The highest BCUT2D eigenvalue weighted by atomic mass is 32.1. The molecule has 0 atom stereocenters. The van der Waals surface area contributed by atoms with E-state index < -0.39 is 0 Å². The summed E-state index contributed by atoms with van der Waals surface area (Å²) in [4.78, 5) is 2.24. The molecule has 0 bridgehead atoms. The predicted molar refractivity (Wildman–Crippen MR) is 70.4 cm³/mol. The van der Waals surface area contributed by atoms with Crippen LogP contribution in [0.4, 0.5) is 0 Å². The third-order valence-corrected chi connectivity index (χ3v) is 2.21. The van der Waals surface area contributed by atoms with Crippen LogP contribution in [0.25, 0.3) is 0 Å². The fourth-order valence-corrected chi connectivity index (χ4v) is 1.34. The van der Waals surface area contributed by atoms with Crippen LogP contribution in [0.1, 0.15) is 6.92 Å². The van der Waals surface area contributed by atoms with Crippen molar-refractivity contribution in [3.8, 4) is 0 Å². The van der Waals surface area contributed by atoms with Gasteiger partial charge in [-0.1, -0.05) is 18.7 Å². The van der Waals surface area contributed by atoms with Gasteiger partial charge < -0.3 is 9.64 Å². The Hall–Kier alpha value is -0.670. The molecule has 3 heteroatoms. The SMILES string of the molecule is C=C/C=C(\C=C/CS)N(CC)CCOC. The van der Waals surface area contributed by atoms with Gasteiger partial charge in [-0.05, 0) is 19.1 Å². The Kier molecular flexibility index (Phi) is 9.43. The smallest absolute Gasteiger partial charge is 0.0637 e. The van der Waals surface area contributed by atoms with Gasteiger partial charge in [-0.25, -0.2) is 0 Å². The zero-order valence-electron chi connectivity index (χ0n) is 9.65. The second-order valence-corrected chi connectivity index (χ2v) is 3.35. The Labute approximate surface area is 98.7 Å². The third kappa shape index (κ3) is 6.42. The molecule has 0 fully saturated rings. The molecule has 0 radical (unpaired) electrons. The van der Waals surface area contributed by atoms with E-state index in [-0.39, 0.29) is 0 Å². The molecule has 0 heterocycles. The Bertz CT molecular complexity index is 224. The molecule has 15 heavy (non-hydrogen) atoms. The largest absolute Gasteiger partial charge is 0.383 e. The van der Waals surface area contributed by atoms with Crippen LogP contribution >= 0.6 is 12.6 Å². The van der Waals surface area contributed by atoms with Gasteiger partial charge in [-0.15, -0.1) is 0 Å². The number of methoxy groups -OCH3 is 1. The maximum atomic E-state index is 5.07. The monoisotopic (exact) mass is 227 g/mol. The van der Waals surface area contributed by atoms with Crippen LogP contribution in [0.5, 0.6) is 0 Å². The van der Waals surface area contributed by atoms with E-state index in [2.05, 4.69) is 37.1 Å². The third-order valence-electron chi connectivity index (χ3n) is 1.99. The molecule has 0 rings (SSSR count). The number of hydrogen-bond acceptors (Lipinski definition) is 3. The summed E-state index contributed by atoms with van der Waals surface area (Å²) in [6.45, 7) is 8.43. The van der Waals surface area contributed by atoms with E-state index in [0.29, 0.717) is 0 Å². The molecule has 0 spiro atoms. The summed E-state index contributed by atoms with van der Waals surface area (Å²) in [7, 11) is 1.72. The van der Waals surface area contributed by atoms with Gasteiger partial charge in [-0.2, -0.15) is 12.6 Å². The number of rotatable bonds is 8. The molecule has 0 aliphatic heterocycles. The van der Waals surface area contributed by atoms with Crippen molar-refractivity contribution in [2.24, 2.45) is 0 Å². The highest BCUT2D eigenvalue weighted by Crippen LogP contribution is 2.06. The minimum Gasteiger partial charge on any atom is -0.383 e. The van der Waals surface area contributed by atoms with Gasteiger partial charge in [0.2, 0.25) is 0 Å². The van der Waals surface area contributed by atoms with Gasteiger partial charge in [0, 0.05) is 31.6 Å². The van der Waals surface area contributed by atoms with E-state index >= 15 is 0 Å². The van der Waals surface area contributed by atoms with Crippen molar-refractivity contribution in [3.63, 3.8) is 0 Å². The molecule has 86 valence electrons. The van der Waals surface area contributed by atoms with Crippen LogP contribution in [0.2, 0.25) is 0 Å². The van der Waals surface area contributed by atoms with Crippen LogP contribution in [0.3, 0.4) is 0 Å². The minimum atomic E-state index is 0.733. The summed E-state index contributed by atoms with van der Waals surface area (Å²) >= 11 is 4.15. The normalized spacial score (nSPS) is 12.1. The molecule has 0 N–H and O–H groups in total. The number of nitrogens with zero attached hydrogens (tertiary/aromatic N) is 1. The van der Waals surface area contributed by atoms with Crippen molar-refractivity contribution in [1.29, 1.82) is 0 Å². The van der Waals surface area contributed by atoms with E-state index in [9.17, 15) is 0 Å². The molecule has 0 unspecified atom stereocenters. The summed E-state index contributed by atoms with van der Waals surface area (Å²) in [5, 5.41) is 0. The molecule has 0 aromatic carbocycles. The molecule has 0 aromatic heterocycles. The second-order valence-electron chi connectivity index (χ2n) is 2.98. The van der Waals surface area contributed by atoms with Gasteiger partial charge >= 0.3 is 0 Å². The Morgan fingerprint density at radius 3 is 2.73 bits per heavy atom. The number of hydrogen-bond donors (Lipinski definition) is 1. The highest BCUT2D eigenvalue weighted by molar-refractivity contribution is 7.80. The van der Waals surface area contributed by atoms with Crippen LogP contribution in [0.15, 0.2) is 36.6 Å². The number of thiol groups is 1. The predicted octanol–water partition coefficient (Wildman–Crippen LogP) is 2.51. The van der Waals surface area contributed by atoms with Crippen LogP contribution in [-0.4, -0.2) is 37.5 Å². The van der Waals surface area contributed by atoms with E-state index in [0.717, 1.165) is 31.1 Å². The molecular weight excluding hydrogens is 206 g/mol. The van der Waals surface area contributed by atoms with Crippen molar-refractivity contribution < 1.29 is 4.74 Å². The lowest BCUT2D eigenvalue weighted by Gasteiger charge is -2.23. The van der Waals surface area contributed by atoms with Gasteiger partial charge in [0.25, 0.3) is 0 Å². The standard InChI is InChI=1S/C12H21NOS/c1-4-7-12(8-6-11-15)13(5-2)9-10-14-3/h4,6-8,15H,1,5,9-11H2,2-3H3/b8-6-,12-7+. The Morgan fingerprint density at radius 1 is 1.53 bits per heavy atom. The molecule has 0 saturated heterocycles. The number of ether oxygens (including phenoxy) is 1. The van der Waals surface area contributed by atoms with Crippen LogP contribution < -0.4 is 0 Å². The molecule has 2 nitrogen and oxygen atoms in total. The number of allylic oxidation sites excluding steroid dienone is 3. The fourth-order valence-electron chi connectivity index (χ4n) is 1.23. The van der Waals surface area contributed by atoms with Gasteiger partial charge in [-0.3, -0.25) is 0 Å². The zero-order valence-corrected chi connectivity index (χ0v) is 10.5. The van der Waals surface area contributed by atoms with Crippen molar-refractivity contribution in [2.75, 3.05) is 32.6 Å². The van der Waals surface area contributed by atoms with E-state index in [4.69, 9.17) is 4.74 Å². The van der Waals surface area contributed by atoms with Gasteiger partial charge in [0.15, 0.2) is 0 Å². The molecule has 0 saturated carbocycles. The average Bonchev–Trinajstić information content (AvgIpc) is 2.26. The molecular formula is C12H21NOS. The van der Waals surface area contributed by atoms with E-state index in [1.807, 2.05) is 12.2 Å². The fraction of sp³-hybridized carbons (Fsp3) is 0.500. The van der Waals surface area contributed by atoms with Crippen LogP contribution in [-0.2, 0) is 4.74 Å². The topological polar surface area (TPSA) is 12.5 Å². The molecule has 0 aromatic rings. The first-order valence-corrected chi connectivity index (χ1v) is 5.77. The van der Waals surface area contributed by atoms with Gasteiger partial charge in [0.05, 0.1) is 6.61 Å². The Morgan fingerprint density at radius 2 is 2.27 bits per heavy atom. The first kappa shape index (κ1) is 14.3. The van der Waals surface area contributed by atoms with E-state index in [1.54, 1.807) is 13.2 Å². The van der Waals surface area contributed by atoms with Crippen molar-refractivity contribution in [3.05, 3.63) is 36.6 Å². The zero-order chi connectivity index (χ0) is 11.5.